The zero-order valence-electron chi connectivity index (χ0n) is 10.4. The summed E-state index contributed by atoms with van der Waals surface area (Å²) < 4.78 is 5.06. The first kappa shape index (κ1) is 14.0. The van der Waals surface area contributed by atoms with E-state index in [9.17, 15) is 4.79 Å². The summed E-state index contributed by atoms with van der Waals surface area (Å²) in [6.45, 7) is 1.69. The van der Waals surface area contributed by atoms with Crippen LogP contribution in [0.25, 0.3) is 10.4 Å². The van der Waals surface area contributed by atoms with E-state index in [1.54, 1.807) is 0 Å². The molecule has 0 saturated carbocycles. The fourth-order valence-corrected chi connectivity index (χ4v) is 1.74. The number of rotatable bonds is 6. The Hall–Kier alpha value is -2.04. The third-order valence-electron chi connectivity index (χ3n) is 2.43. The van der Waals surface area contributed by atoms with E-state index in [4.69, 9.17) is 10.3 Å². The van der Waals surface area contributed by atoms with Crippen molar-refractivity contribution in [3.63, 3.8) is 0 Å². The van der Waals surface area contributed by atoms with Crippen molar-refractivity contribution in [3.8, 4) is 0 Å². The molecule has 2 atom stereocenters. The number of amides is 1. The Labute approximate surface area is 106 Å². The number of nitrogens with one attached hydrogen (secondary N) is 1. The molecule has 0 heterocycles. The first-order valence-electron chi connectivity index (χ1n) is 5.54. The van der Waals surface area contributed by atoms with Crippen LogP contribution in [0.15, 0.2) is 35.4 Å². The van der Waals surface area contributed by atoms with Gasteiger partial charge in [-0.3, -0.25) is 4.79 Å². The number of hydrogen-bond acceptors (Lipinski definition) is 3. The molecule has 1 amide bonds. The molecule has 0 aliphatic heterocycles. The topological polar surface area (TPSA) is 87.1 Å². The first-order chi connectivity index (χ1) is 8.69. The molecule has 0 saturated heterocycles. The van der Waals surface area contributed by atoms with E-state index >= 15 is 0 Å². The number of ether oxygens (including phenoxy) is 1. The number of methoxy groups -OCH3 is 1. The standard InChI is InChI=1S/C12H16N4O2/c1-9(17)14-11(8-18-2)12(15-16-13)10-6-4-3-5-7-10/h3-7,11-12H,8H2,1-2H3,(H,14,17)/t11-,12+/m0/s1. The van der Waals surface area contributed by atoms with Crippen LogP contribution in [0, 0.1) is 0 Å². The number of azide groups is 1. The predicted molar refractivity (Wildman–Crippen MR) is 67.8 cm³/mol. The highest BCUT2D eigenvalue weighted by atomic mass is 16.5. The van der Waals surface area contributed by atoms with Crippen molar-refractivity contribution in [2.75, 3.05) is 13.7 Å². The molecule has 1 N–H and O–H groups in total. The van der Waals surface area contributed by atoms with Crippen LogP contribution in [0.1, 0.15) is 18.5 Å². The van der Waals surface area contributed by atoms with Gasteiger partial charge in [0, 0.05) is 18.9 Å². The second kappa shape index (κ2) is 7.32. The smallest absolute Gasteiger partial charge is 0.217 e. The molecule has 0 unspecified atom stereocenters. The number of carbonyl (C=O) groups excluding carboxylic acids is 1. The molecule has 0 spiro atoms. The van der Waals surface area contributed by atoms with Gasteiger partial charge in [-0.1, -0.05) is 35.4 Å². The van der Waals surface area contributed by atoms with Gasteiger partial charge in [-0.05, 0) is 11.1 Å². The second-order valence-electron chi connectivity index (χ2n) is 3.82. The number of carbonyl (C=O) groups is 1. The van der Waals surface area contributed by atoms with Crippen LogP contribution >= 0.6 is 0 Å². The zero-order valence-corrected chi connectivity index (χ0v) is 10.4. The molecular formula is C12H16N4O2. The molecule has 6 nitrogen and oxygen atoms in total. The fourth-order valence-electron chi connectivity index (χ4n) is 1.74. The highest BCUT2D eigenvalue weighted by Gasteiger charge is 2.22. The van der Waals surface area contributed by atoms with Gasteiger partial charge in [0.25, 0.3) is 0 Å². The van der Waals surface area contributed by atoms with Gasteiger partial charge in [-0.15, -0.1) is 0 Å². The number of benzene rings is 1. The van der Waals surface area contributed by atoms with E-state index in [2.05, 4.69) is 15.3 Å². The van der Waals surface area contributed by atoms with Crippen molar-refractivity contribution in [3.05, 3.63) is 46.3 Å². The number of hydrogen-bond donors (Lipinski definition) is 1. The zero-order chi connectivity index (χ0) is 13.4. The van der Waals surface area contributed by atoms with Crippen molar-refractivity contribution in [1.82, 2.24) is 5.32 Å². The van der Waals surface area contributed by atoms with Gasteiger partial charge in [-0.25, -0.2) is 0 Å². The van der Waals surface area contributed by atoms with Crippen LogP contribution in [0.2, 0.25) is 0 Å². The number of nitrogens with zero attached hydrogens (tertiary/aromatic N) is 3. The van der Waals surface area contributed by atoms with Crippen LogP contribution in [0.3, 0.4) is 0 Å². The van der Waals surface area contributed by atoms with Crippen LogP contribution in [0.5, 0.6) is 0 Å². The van der Waals surface area contributed by atoms with Crippen LogP contribution in [0.4, 0.5) is 0 Å². The molecule has 6 heteroatoms. The van der Waals surface area contributed by atoms with E-state index in [-0.39, 0.29) is 18.6 Å². The van der Waals surface area contributed by atoms with Crippen molar-refractivity contribution >= 4 is 5.91 Å². The molecule has 0 fully saturated rings. The summed E-state index contributed by atoms with van der Waals surface area (Å²) in [5.41, 5.74) is 9.49. The van der Waals surface area contributed by atoms with Gasteiger partial charge in [0.05, 0.1) is 18.7 Å². The Balaban J connectivity index is 3.00. The lowest BCUT2D eigenvalue weighted by Crippen LogP contribution is -2.40. The molecule has 1 rings (SSSR count). The fraction of sp³-hybridized carbons (Fsp3) is 0.417. The van der Waals surface area contributed by atoms with E-state index in [1.807, 2.05) is 30.3 Å². The quantitative estimate of drug-likeness (QED) is 0.475. The lowest BCUT2D eigenvalue weighted by Gasteiger charge is -2.23. The SMILES string of the molecule is COC[C@H](NC(C)=O)[C@H](N=[N+]=[N-])c1ccccc1. The monoisotopic (exact) mass is 248 g/mol. The average molecular weight is 248 g/mol. The maximum atomic E-state index is 11.2. The molecule has 0 bridgehead atoms. The largest absolute Gasteiger partial charge is 0.383 e. The summed E-state index contributed by atoms with van der Waals surface area (Å²) in [7, 11) is 1.53. The van der Waals surface area contributed by atoms with Gasteiger partial charge in [0.15, 0.2) is 0 Å². The lowest BCUT2D eigenvalue weighted by atomic mass is 10.0. The van der Waals surface area contributed by atoms with Crippen LogP contribution in [-0.4, -0.2) is 25.7 Å². The molecule has 0 radical (unpaired) electrons. The predicted octanol–water partition coefficient (Wildman–Crippen LogP) is 2.19. The third kappa shape index (κ3) is 4.08. The normalized spacial score (nSPS) is 13.2. The van der Waals surface area contributed by atoms with Crippen molar-refractivity contribution in [1.29, 1.82) is 0 Å². The maximum Gasteiger partial charge on any atom is 0.217 e. The molecule has 0 aliphatic rings. The summed E-state index contributed by atoms with van der Waals surface area (Å²) in [6.07, 6.45) is 0. The van der Waals surface area contributed by atoms with E-state index in [1.165, 1.54) is 14.0 Å². The highest BCUT2D eigenvalue weighted by Crippen LogP contribution is 2.21. The lowest BCUT2D eigenvalue weighted by molar-refractivity contribution is -0.120. The van der Waals surface area contributed by atoms with Gasteiger partial charge in [0.2, 0.25) is 5.91 Å². The second-order valence-corrected chi connectivity index (χ2v) is 3.82. The molecule has 1 aromatic carbocycles. The Kier molecular flexibility index (Phi) is 5.70. The van der Waals surface area contributed by atoms with Crippen molar-refractivity contribution < 1.29 is 9.53 Å². The minimum Gasteiger partial charge on any atom is -0.383 e. The Bertz CT molecular complexity index is 429. The van der Waals surface area contributed by atoms with Gasteiger partial charge < -0.3 is 10.1 Å². The van der Waals surface area contributed by atoms with Crippen LogP contribution in [-0.2, 0) is 9.53 Å². The van der Waals surface area contributed by atoms with Crippen molar-refractivity contribution in [2.24, 2.45) is 5.11 Å². The molecule has 0 aliphatic carbocycles. The third-order valence-corrected chi connectivity index (χ3v) is 2.43. The van der Waals surface area contributed by atoms with E-state index in [0.717, 1.165) is 5.56 Å². The minimum absolute atomic E-state index is 0.189. The summed E-state index contributed by atoms with van der Waals surface area (Å²) in [6, 6.07) is 8.42. The van der Waals surface area contributed by atoms with E-state index in [0.29, 0.717) is 0 Å². The van der Waals surface area contributed by atoms with Crippen LogP contribution < -0.4 is 5.32 Å². The summed E-state index contributed by atoms with van der Waals surface area (Å²) >= 11 is 0. The molecule has 1 aromatic rings. The Morgan fingerprint density at radius 1 is 1.50 bits per heavy atom. The Morgan fingerprint density at radius 3 is 2.67 bits per heavy atom. The molecule has 96 valence electrons. The summed E-state index contributed by atoms with van der Waals surface area (Å²) in [5, 5.41) is 6.49. The molecule has 18 heavy (non-hydrogen) atoms. The first-order valence-corrected chi connectivity index (χ1v) is 5.54. The highest BCUT2D eigenvalue weighted by molar-refractivity contribution is 5.73. The average Bonchev–Trinajstić information content (AvgIpc) is 2.36. The summed E-state index contributed by atoms with van der Waals surface area (Å²) in [4.78, 5) is 14.0. The van der Waals surface area contributed by atoms with Gasteiger partial charge in [0.1, 0.15) is 0 Å². The molecule has 0 aromatic heterocycles. The van der Waals surface area contributed by atoms with E-state index < -0.39 is 6.04 Å². The summed E-state index contributed by atoms with van der Waals surface area (Å²) in [5.74, 6) is -0.189. The van der Waals surface area contributed by atoms with Gasteiger partial charge in [-0.2, -0.15) is 0 Å². The molecular weight excluding hydrogens is 232 g/mol. The maximum absolute atomic E-state index is 11.2. The minimum atomic E-state index is -0.486. The van der Waals surface area contributed by atoms with Gasteiger partial charge >= 0.3 is 0 Å². The van der Waals surface area contributed by atoms with Crippen molar-refractivity contribution in [2.45, 2.75) is 19.0 Å². The Morgan fingerprint density at radius 2 is 2.17 bits per heavy atom.